The molecule has 0 aliphatic heterocycles. The van der Waals surface area contributed by atoms with Gasteiger partial charge in [-0.05, 0) is 117 Å². The lowest BCUT2D eigenvalue weighted by Gasteiger charge is -2.57. The van der Waals surface area contributed by atoms with Crippen molar-refractivity contribution in [1.82, 2.24) is 0 Å². The molecule has 176 valence electrons. The Labute approximate surface area is 203 Å². The van der Waals surface area contributed by atoms with Crippen LogP contribution in [0.4, 0.5) is 0 Å². The van der Waals surface area contributed by atoms with Gasteiger partial charge in [0.1, 0.15) is 11.5 Å². The molecule has 4 saturated carbocycles. The Kier molecular flexibility index (Phi) is 6.30. The van der Waals surface area contributed by atoms with Gasteiger partial charge in [-0.3, -0.25) is 0 Å². The van der Waals surface area contributed by atoms with E-state index in [1.165, 1.54) is 24.2 Å². The highest BCUT2D eigenvalue weighted by Gasteiger charge is 2.51. The summed E-state index contributed by atoms with van der Waals surface area (Å²) in [6, 6.07) is 24.8. The summed E-state index contributed by atoms with van der Waals surface area (Å²) in [4.78, 5) is 14.6. The molecule has 0 unspecified atom stereocenters. The summed E-state index contributed by atoms with van der Waals surface area (Å²) in [6.45, 7) is 0. The Morgan fingerprint density at radius 2 is 1.06 bits per heavy atom. The van der Waals surface area contributed by atoms with Crippen molar-refractivity contribution in [2.75, 3.05) is 0 Å². The SMILES string of the molecule is O=C([O-])C12CC3CC(CC(C3)C1)C2.Oc1ccc([S+](c2ccccc2)c2ccc(O)cc2)cc1. The molecule has 34 heavy (non-hydrogen) atoms. The summed E-state index contributed by atoms with van der Waals surface area (Å²) in [5.74, 6) is 1.91. The summed E-state index contributed by atoms with van der Waals surface area (Å²) in [5, 5.41) is 30.1. The molecule has 4 aliphatic carbocycles. The van der Waals surface area contributed by atoms with E-state index in [0.29, 0.717) is 17.8 Å². The first-order chi connectivity index (χ1) is 16.4. The third-order valence-corrected chi connectivity index (χ3v) is 9.83. The Morgan fingerprint density at radius 1 is 0.676 bits per heavy atom. The van der Waals surface area contributed by atoms with Crippen molar-refractivity contribution in [1.29, 1.82) is 0 Å². The van der Waals surface area contributed by atoms with E-state index in [9.17, 15) is 20.1 Å². The van der Waals surface area contributed by atoms with Gasteiger partial charge in [0.2, 0.25) is 0 Å². The van der Waals surface area contributed by atoms with Gasteiger partial charge in [0, 0.05) is 11.4 Å². The Morgan fingerprint density at radius 3 is 1.44 bits per heavy atom. The van der Waals surface area contributed by atoms with Crippen LogP contribution in [0, 0.1) is 23.2 Å². The molecule has 0 spiro atoms. The maximum atomic E-state index is 11.1. The minimum Gasteiger partial charge on any atom is -0.550 e. The van der Waals surface area contributed by atoms with Gasteiger partial charge in [0.25, 0.3) is 0 Å². The van der Waals surface area contributed by atoms with Crippen LogP contribution in [0.25, 0.3) is 0 Å². The van der Waals surface area contributed by atoms with Gasteiger partial charge in [-0.1, -0.05) is 18.2 Å². The van der Waals surface area contributed by atoms with E-state index in [0.717, 1.165) is 29.1 Å². The molecule has 0 saturated heterocycles. The number of hydrogen-bond donors (Lipinski definition) is 2. The lowest BCUT2D eigenvalue weighted by Crippen LogP contribution is -2.54. The second kappa shape index (κ2) is 9.38. The molecule has 4 nitrogen and oxygen atoms in total. The zero-order valence-corrected chi connectivity index (χ0v) is 19.9. The summed E-state index contributed by atoms with van der Waals surface area (Å²) in [5.41, 5.74) is -0.394. The summed E-state index contributed by atoms with van der Waals surface area (Å²) in [7, 11) is -0.253. The first-order valence-corrected chi connectivity index (χ1v) is 13.2. The van der Waals surface area contributed by atoms with Gasteiger partial charge in [-0.2, -0.15) is 0 Å². The zero-order chi connectivity index (χ0) is 23.7. The van der Waals surface area contributed by atoms with Gasteiger partial charge < -0.3 is 20.1 Å². The smallest absolute Gasteiger partial charge is 0.166 e. The van der Waals surface area contributed by atoms with E-state index in [4.69, 9.17) is 0 Å². The first-order valence-electron chi connectivity index (χ1n) is 12.0. The number of aliphatic carboxylic acids is 1. The number of phenols is 2. The molecule has 4 fully saturated rings. The minimum atomic E-state index is -0.758. The largest absolute Gasteiger partial charge is 0.550 e. The van der Waals surface area contributed by atoms with Gasteiger partial charge >= 0.3 is 0 Å². The lowest BCUT2D eigenvalue weighted by atomic mass is 9.49. The van der Waals surface area contributed by atoms with Crippen molar-refractivity contribution >= 4 is 16.9 Å². The fourth-order valence-electron chi connectivity index (χ4n) is 6.49. The Balaban J connectivity index is 0.000000157. The van der Waals surface area contributed by atoms with Crippen molar-refractivity contribution in [3.63, 3.8) is 0 Å². The highest BCUT2D eigenvalue weighted by molar-refractivity contribution is 7.97. The number of benzene rings is 3. The highest BCUT2D eigenvalue weighted by atomic mass is 32.2. The maximum absolute atomic E-state index is 11.1. The van der Waals surface area contributed by atoms with E-state index in [2.05, 4.69) is 12.1 Å². The second-order valence-electron chi connectivity index (χ2n) is 10.1. The number of aromatic hydroxyl groups is 2. The molecule has 0 atom stereocenters. The van der Waals surface area contributed by atoms with E-state index in [1.54, 1.807) is 24.3 Å². The summed E-state index contributed by atoms with van der Waals surface area (Å²) < 4.78 is 0. The van der Waals surface area contributed by atoms with E-state index < -0.39 is 11.4 Å². The molecular weight excluding hydrogens is 444 g/mol. The van der Waals surface area contributed by atoms with Gasteiger partial charge in [0.05, 0.1) is 10.9 Å². The number of carboxylic acids is 1. The second-order valence-corrected chi connectivity index (χ2v) is 12.1. The van der Waals surface area contributed by atoms with Gasteiger partial charge in [-0.15, -0.1) is 0 Å². The average Bonchev–Trinajstić information content (AvgIpc) is 2.82. The number of rotatable bonds is 4. The van der Waals surface area contributed by atoms with E-state index in [1.807, 2.05) is 42.5 Å². The molecule has 0 heterocycles. The third kappa shape index (κ3) is 4.67. The number of carboxylic acid groups (broad SMARTS) is 1. The molecular formula is C29H30O4S. The standard InChI is InChI=1S/C18H14O2S.C11H16O2/c19-14-6-10-17(11-7-14)21(16-4-2-1-3-5-16)18-12-8-15(20)9-13-18;12-10(13)11-4-7-1-8(5-11)3-9(2-7)6-11/h1-13H,(H-,19,20);7-9H,1-6H2,(H,12,13). The van der Waals surface area contributed by atoms with Crippen molar-refractivity contribution in [2.45, 2.75) is 53.2 Å². The van der Waals surface area contributed by atoms with Gasteiger partial charge in [0.15, 0.2) is 14.7 Å². The molecule has 4 bridgehead atoms. The average molecular weight is 475 g/mol. The fraction of sp³-hybridized carbons (Fsp3) is 0.345. The third-order valence-electron chi connectivity index (χ3n) is 7.60. The van der Waals surface area contributed by atoms with Crippen LogP contribution < -0.4 is 5.11 Å². The van der Waals surface area contributed by atoms with Crippen LogP contribution in [-0.2, 0) is 15.7 Å². The zero-order valence-electron chi connectivity index (χ0n) is 19.1. The number of carbonyl (C=O) groups excluding carboxylic acids is 1. The molecule has 3 aromatic carbocycles. The Hall–Kier alpha value is -2.92. The number of hydrogen-bond acceptors (Lipinski definition) is 4. The van der Waals surface area contributed by atoms with Crippen molar-refractivity contribution in [3.8, 4) is 11.5 Å². The maximum Gasteiger partial charge on any atom is 0.166 e. The summed E-state index contributed by atoms with van der Waals surface area (Å²) in [6.07, 6.45) is 6.65. The topological polar surface area (TPSA) is 80.6 Å². The van der Waals surface area contributed by atoms with E-state index >= 15 is 0 Å². The summed E-state index contributed by atoms with van der Waals surface area (Å²) >= 11 is 0. The normalized spacial score (nSPS) is 26.7. The van der Waals surface area contributed by atoms with Crippen molar-refractivity contribution in [3.05, 3.63) is 78.9 Å². The van der Waals surface area contributed by atoms with Crippen molar-refractivity contribution < 1.29 is 20.1 Å². The van der Waals surface area contributed by atoms with E-state index in [-0.39, 0.29) is 22.4 Å². The van der Waals surface area contributed by atoms with Gasteiger partial charge in [-0.25, -0.2) is 0 Å². The monoisotopic (exact) mass is 474 g/mol. The molecule has 5 heteroatoms. The van der Waals surface area contributed by atoms with Crippen LogP contribution in [0.15, 0.2) is 93.5 Å². The molecule has 3 aromatic rings. The molecule has 0 radical (unpaired) electrons. The Bertz CT molecular complexity index is 1040. The minimum absolute atomic E-state index is 0.253. The molecule has 7 rings (SSSR count). The lowest BCUT2D eigenvalue weighted by molar-refractivity contribution is -0.327. The molecule has 0 aromatic heterocycles. The highest BCUT2D eigenvalue weighted by Crippen LogP contribution is 2.59. The predicted molar refractivity (Wildman–Crippen MR) is 130 cm³/mol. The van der Waals surface area contributed by atoms with Crippen LogP contribution in [-0.4, -0.2) is 16.2 Å². The number of phenolic OH excluding ortho intramolecular Hbond substituents is 2. The first kappa shape index (κ1) is 22.9. The van der Waals surface area contributed by atoms with Crippen LogP contribution in [0.2, 0.25) is 0 Å². The van der Waals surface area contributed by atoms with Crippen LogP contribution in [0.5, 0.6) is 11.5 Å². The van der Waals surface area contributed by atoms with Crippen LogP contribution in [0.3, 0.4) is 0 Å². The molecule has 4 aliphatic rings. The fourth-order valence-corrected chi connectivity index (χ4v) is 8.55. The quantitative estimate of drug-likeness (QED) is 0.513. The van der Waals surface area contributed by atoms with Crippen LogP contribution >= 0.6 is 0 Å². The predicted octanol–water partition coefficient (Wildman–Crippen LogP) is 5.15. The molecule has 2 N–H and O–H groups in total. The van der Waals surface area contributed by atoms with Crippen molar-refractivity contribution in [2.24, 2.45) is 23.2 Å². The molecule has 0 amide bonds. The number of carbonyl (C=O) groups is 1. The van der Waals surface area contributed by atoms with Crippen LogP contribution in [0.1, 0.15) is 38.5 Å².